The fourth-order valence-electron chi connectivity index (χ4n) is 2.49. The predicted molar refractivity (Wildman–Crippen MR) is 100 cm³/mol. The van der Waals surface area contributed by atoms with Crippen LogP contribution >= 0.6 is 0 Å². The molecule has 26 heavy (non-hydrogen) atoms. The monoisotopic (exact) mass is 346 g/mol. The molecule has 0 radical (unpaired) electrons. The highest BCUT2D eigenvalue weighted by molar-refractivity contribution is 6.00. The number of carbonyl (C=O) groups is 2. The van der Waals surface area contributed by atoms with Crippen molar-refractivity contribution in [2.45, 2.75) is 13.0 Å². The molecule has 6 heteroatoms. The van der Waals surface area contributed by atoms with E-state index in [9.17, 15) is 9.59 Å². The Morgan fingerprint density at radius 2 is 1.85 bits per heavy atom. The second-order valence-electron chi connectivity index (χ2n) is 5.68. The summed E-state index contributed by atoms with van der Waals surface area (Å²) in [5, 5.41) is 8.76. The van der Waals surface area contributed by atoms with Crippen molar-refractivity contribution >= 4 is 28.8 Å². The van der Waals surface area contributed by atoms with Crippen LogP contribution in [0.15, 0.2) is 72.1 Å². The van der Waals surface area contributed by atoms with Gasteiger partial charge in [-0.3, -0.25) is 14.6 Å². The summed E-state index contributed by atoms with van der Waals surface area (Å²) in [7, 11) is 0. The van der Waals surface area contributed by atoms with Crippen LogP contribution < -0.4 is 10.7 Å². The standard InChI is InChI=1S/C20H18N4O2/c25-19(22-13-15-5-4-10-21-12-15)11-20(26)24-23-14-17-8-3-7-16-6-1-2-9-18(16)17/h1-10,12,14H,11,13H2,(H,22,25)(H,24,26). The van der Waals surface area contributed by atoms with Crippen LogP contribution in [-0.4, -0.2) is 23.0 Å². The number of nitrogens with one attached hydrogen (secondary N) is 2. The quantitative estimate of drug-likeness (QED) is 0.408. The van der Waals surface area contributed by atoms with Gasteiger partial charge in [-0.1, -0.05) is 48.5 Å². The number of hydrogen-bond acceptors (Lipinski definition) is 4. The Kier molecular flexibility index (Phi) is 5.67. The maximum Gasteiger partial charge on any atom is 0.249 e. The number of carbonyl (C=O) groups excluding carboxylic acids is 2. The van der Waals surface area contributed by atoms with Gasteiger partial charge in [0.2, 0.25) is 11.8 Å². The van der Waals surface area contributed by atoms with Crippen LogP contribution in [0.1, 0.15) is 17.5 Å². The number of hydrazone groups is 1. The largest absolute Gasteiger partial charge is 0.352 e. The molecule has 0 aliphatic heterocycles. The molecule has 0 saturated heterocycles. The first-order valence-corrected chi connectivity index (χ1v) is 8.17. The van der Waals surface area contributed by atoms with Gasteiger partial charge in [-0.25, -0.2) is 5.43 Å². The van der Waals surface area contributed by atoms with Crippen molar-refractivity contribution in [1.82, 2.24) is 15.7 Å². The van der Waals surface area contributed by atoms with Gasteiger partial charge in [-0.15, -0.1) is 0 Å². The van der Waals surface area contributed by atoms with E-state index in [2.05, 4.69) is 20.8 Å². The fraction of sp³-hybridized carbons (Fsp3) is 0.100. The second kappa shape index (κ2) is 8.53. The summed E-state index contributed by atoms with van der Waals surface area (Å²) in [6.45, 7) is 0.333. The Hall–Kier alpha value is -3.54. The molecule has 0 fully saturated rings. The lowest BCUT2D eigenvalue weighted by Crippen LogP contribution is -2.29. The first-order valence-electron chi connectivity index (χ1n) is 8.17. The average Bonchev–Trinajstić information content (AvgIpc) is 2.67. The van der Waals surface area contributed by atoms with E-state index < -0.39 is 5.91 Å². The minimum atomic E-state index is -0.467. The van der Waals surface area contributed by atoms with E-state index in [1.165, 1.54) is 0 Å². The maximum atomic E-state index is 11.8. The summed E-state index contributed by atoms with van der Waals surface area (Å²) in [6.07, 6.45) is 4.61. The zero-order chi connectivity index (χ0) is 18.2. The molecule has 0 atom stereocenters. The molecule has 0 aliphatic rings. The van der Waals surface area contributed by atoms with Crippen LogP contribution in [0, 0.1) is 0 Å². The number of fused-ring (bicyclic) bond motifs is 1. The SMILES string of the molecule is O=C(CC(=O)NN=Cc1cccc2ccccc12)NCc1cccnc1. The predicted octanol–water partition coefficient (Wildman–Crippen LogP) is 2.39. The number of benzene rings is 2. The molecule has 1 heterocycles. The van der Waals surface area contributed by atoms with Crippen molar-refractivity contribution in [3.8, 4) is 0 Å². The van der Waals surface area contributed by atoms with Gasteiger partial charge in [0.1, 0.15) is 6.42 Å². The molecule has 2 amide bonds. The van der Waals surface area contributed by atoms with E-state index in [-0.39, 0.29) is 12.3 Å². The Bertz CT molecular complexity index is 933. The van der Waals surface area contributed by atoms with Gasteiger partial charge in [0, 0.05) is 24.5 Å². The van der Waals surface area contributed by atoms with Crippen molar-refractivity contribution < 1.29 is 9.59 Å². The van der Waals surface area contributed by atoms with Gasteiger partial charge in [0.05, 0.1) is 6.21 Å². The van der Waals surface area contributed by atoms with E-state index >= 15 is 0 Å². The van der Waals surface area contributed by atoms with Crippen LogP contribution in [0.5, 0.6) is 0 Å². The third-order valence-electron chi connectivity index (χ3n) is 3.75. The summed E-state index contributed by atoms with van der Waals surface area (Å²) in [6, 6.07) is 17.4. The Morgan fingerprint density at radius 3 is 2.69 bits per heavy atom. The summed E-state index contributed by atoms with van der Waals surface area (Å²) >= 11 is 0. The van der Waals surface area contributed by atoms with Crippen molar-refractivity contribution in [2.75, 3.05) is 0 Å². The van der Waals surface area contributed by atoms with Crippen molar-refractivity contribution in [2.24, 2.45) is 5.10 Å². The number of rotatable bonds is 6. The molecule has 2 N–H and O–H groups in total. The van der Waals surface area contributed by atoms with Gasteiger partial charge in [0.25, 0.3) is 0 Å². The summed E-state index contributed by atoms with van der Waals surface area (Å²) < 4.78 is 0. The molecule has 3 rings (SSSR count). The van der Waals surface area contributed by atoms with Crippen LogP contribution in [0.25, 0.3) is 10.8 Å². The first kappa shape index (κ1) is 17.3. The Morgan fingerprint density at radius 1 is 1.00 bits per heavy atom. The molecule has 130 valence electrons. The van der Waals surface area contributed by atoms with Crippen LogP contribution in [-0.2, 0) is 16.1 Å². The van der Waals surface area contributed by atoms with Gasteiger partial charge >= 0.3 is 0 Å². The van der Waals surface area contributed by atoms with Gasteiger partial charge in [-0.05, 0) is 22.4 Å². The topological polar surface area (TPSA) is 83.5 Å². The molecule has 0 spiro atoms. The van der Waals surface area contributed by atoms with Crippen LogP contribution in [0.4, 0.5) is 0 Å². The lowest BCUT2D eigenvalue weighted by atomic mass is 10.1. The third kappa shape index (κ3) is 4.73. The zero-order valence-corrected chi connectivity index (χ0v) is 14.1. The Labute approximate surface area is 151 Å². The highest BCUT2D eigenvalue weighted by Crippen LogP contribution is 2.16. The van der Waals surface area contributed by atoms with Gasteiger partial charge in [0.15, 0.2) is 0 Å². The zero-order valence-electron chi connectivity index (χ0n) is 14.1. The van der Waals surface area contributed by atoms with E-state index in [0.717, 1.165) is 21.9 Å². The number of nitrogens with zero attached hydrogens (tertiary/aromatic N) is 2. The summed E-state index contributed by atoms with van der Waals surface area (Å²) in [4.78, 5) is 27.6. The Balaban J connectivity index is 1.50. The summed E-state index contributed by atoms with van der Waals surface area (Å²) in [5.74, 6) is -0.836. The highest BCUT2D eigenvalue weighted by atomic mass is 16.2. The molecule has 0 bridgehead atoms. The van der Waals surface area contributed by atoms with Gasteiger partial charge < -0.3 is 5.32 Å². The third-order valence-corrected chi connectivity index (χ3v) is 3.75. The number of pyridine rings is 1. The normalized spacial score (nSPS) is 10.8. The van der Waals surface area contributed by atoms with Crippen molar-refractivity contribution in [3.05, 3.63) is 78.1 Å². The number of amides is 2. The van der Waals surface area contributed by atoms with E-state index in [4.69, 9.17) is 0 Å². The van der Waals surface area contributed by atoms with Crippen molar-refractivity contribution in [3.63, 3.8) is 0 Å². The second-order valence-corrected chi connectivity index (χ2v) is 5.68. The smallest absolute Gasteiger partial charge is 0.249 e. The molecule has 0 unspecified atom stereocenters. The van der Waals surface area contributed by atoms with Crippen LogP contribution in [0.3, 0.4) is 0 Å². The number of hydrogen-bond donors (Lipinski definition) is 2. The maximum absolute atomic E-state index is 11.8. The van der Waals surface area contributed by atoms with E-state index in [1.807, 2.05) is 48.5 Å². The van der Waals surface area contributed by atoms with E-state index in [0.29, 0.717) is 6.54 Å². The lowest BCUT2D eigenvalue weighted by Gasteiger charge is -2.04. The molecule has 2 aromatic carbocycles. The highest BCUT2D eigenvalue weighted by Gasteiger charge is 2.08. The molecular weight excluding hydrogens is 328 g/mol. The van der Waals surface area contributed by atoms with E-state index in [1.54, 1.807) is 24.7 Å². The molecular formula is C20H18N4O2. The fourth-order valence-corrected chi connectivity index (χ4v) is 2.49. The average molecular weight is 346 g/mol. The molecule has 6 nitrogen and oxygen atoms in total. The summed E-state index contributed by atoms with van der Waals surface area (Å²) in [5.41, 5.74) is 4.15. The van der Waals surface area contributed by atoms with Gasteiger partial charge in [-0.2, -0.15) is 5.10 Å². The van der Waals surface area contributed by atoms with Crippen LogP contribution in [0.2, 0.25) is 0 Å². The molecule has 1 aromatic heterocycles. The lowest BCUT2D eigenvalue weighted by molar-refractivity contribution is -0.129. The minimum Gasteiger partial charge on any atom is -0.352 e. The van der Waals surface area contributed by atoms with Crippen molar-refractivity contribution in [1.29, 1.82) is 0 Å². The number of aromatic nitrogens is 1. The molecule has 3 aromatic rings. The first-order chi connectivity index (χ1) is 12.7. The molecule has 0 aliphatic carbocycles. The molecule has 0 saturated carbocycles. The minimum absolute atomic E-state index is 0.285.